The van der Waals surface area contributed by atoms with Gasteiger partial charge in [-0.3, -0.25) is 4.79 Å². The molecule has 0 unspecified atom stereocenters. The van der Waals surface area contributed by atoms with Gasteiger partial charge in [-0.1, -0.05) is 23.2 Å². The number of halogens is 2. The van der Waals surface area contributed by atoms with Gasteiger partial charge in [-0.05, 0) is 12.8 Å². The minimum atomic E-state index is -0.178. The highest BCUT2D eigenvalue weighted by Crippen LogP contribution is 2.22. The van der Waals surface area contributed by atoms with Gasteiger partial charge >= 0.3 is 0 Å². The van der Waals surface area contributed by atoms with Gasteiger partial charge in [0.15, 0.2) is 0 Å². The van der Waals surface area contributed by atoms with E-state index in [9.17, 15) is 4.79 Å². The first-order chi connectivity index (χ1) is 9.65. The number of carbonyl (C=O) groups excluding carboxylic acids is 1. The van der Waals surface area contributed by atoms with E-state index in [1.807, 2.05) is 0 Å². The monoisotopic (exact) mass is 318 g/mol. The first kappa shape index (κ1) is 15.5. The molecule has 0 radical (unpaired) electrons. The van der Waals surface area contributed by atoms with Crippen molar-refractivity contribution in [3.63, 3.8) is 0 Å². The zero-order valence-corrected chi connectivity index (χ0v) is 12.4. The van der Waals surface area contributed by atoms with Crippen molar-refractivity contribution in [2.24, 2.45) is 0 Å². The van der Waals surface area contributed by atoms with Crippen LogP contribution < -0.4 is 5.32 Å². The standard InChI is InChI=1S/C13H16Cl2N2O3/c14-10-6-12(16-7-11(10)15)17-13(18)3-5-19-8-9-2-1-4-20-9/h6-7,9H,1-5,8H2,(H,16,17,18)/t9-/m0/s1. The second kappa shape index (κ2) is 7.78. The van der Waals surface area contributed by atoms with Crippen LogP contribution >= 0.6 is 23.2 Å². The Morgan fingerprint density at radius 3 is 3.05 bits per heavy atom. The Kier molecular flexibility index (Phi) is 6.04. The minimum absolute atomic E-state index is 0.176. The van der Waals surface area contributed by atoms with Gasteiger partial charge in [0, 0.05) is 18.9 Å². The molecule has 1 saturated heterocycles. The maximum absolute atomic E-state index is 11.7. The van der Waals surface area contributed by atoms with Crippen LogP contribution in [0, 0.1) is 0 Å². The van der Waals surface area contributed by atoms with Crippen LogP contribution in [0.2, 0.25) is 10.0 Å². The van der Waals surface area contributed by atoms with Crippen molar-refractivity contribution >= 4 is 34.9 Å². The molecule has 1 aliphatic rings. The number of nitrogens with zero attached hydrogens (tertiary/aromatic N) is 1. The lowest BCUT2D eigenvalue weighted by atomic mass is 10.2. The summed E-state index contributed by atoms with van der Waals surface area (Å²) >= 11 is 11.6. The Labute approximate surface area is 127 Å². The van der Waals surface area contributed by atoms with Crippen molar-refractivity contribution in [1.29, 1.82) is 0 Å². The van der Waals surface area contributed by atoms with Crippen molar-refractivity contribution in [3.8, 4) is 0 Å². The topological polar surface area (TPSA) is 60.5 Å². The second-order valence-corrected chi connectivity index (χ2v) is 5.31. The number of carbonyl (C=O) groups is 1. The molecule has 1 N–H and O–H groups in total. The van der Waals surface area contributed by atoms with Crippen LogP contribution in [0.4, 0.5) is 5.82 Å². The minimum Gasteiger partial charge on any atom is -0.378 e. The summed E-state index contributed by atoms with van der Waals surface area (Å²) in [5.74, 6) is 0.201. The average molecular weight is 319 g/mol. The van der Waals surface area contributed by atoms with Crippen LogP contribution in [0.3, 0.4) is 0 Å². The van der Waals surface area contributed by atoms with Gasteiger partial charge in [0.25, 0.3) is 0 Å². The summed E-state index contributed by atoms with van der Waals surface area (Å²) in [6, 6.07) is 1.51. The molecule has 0 aromatic carbocycles. The van der Waals surface area contributed by atoms with Crippen molar-refractivity contribution < 1.29 is 14.3 Å². The zero-order valence-electron chi connectivity index (χ0n) is 10.9. The smallest absolute Gasteiger partial charge is 0.227 e. The van der Waals surface area contributed by atoms with Crippen LogP contribution in [0.25, 0.3) is 0 Å². The second-order valence-electron chi connectivity index (χ2n) is 4.49. The number of ether oxygens (including phenoxy) is 2. The maximum Gasteiger partial charge on any atom is 0.227 e. The summed E-state index contributed by atoms with van der Waals surface area (Å²) in [5.41, 5.74) is 0. The van der Waals surface area contributed by atoms with Crippen LogP contribution in [0.1, 0.15) is 19.3 Å². The lowest BCUT2D eigenvalue weighted by molar-refractivity contribution is -0.117. The predicted octanol–water partition coefficient (Wildman–Crippen LogP) is 2.91. The Bertz CT molecular complexity index is 465. The number of nitrogens with one attached hydrogen (secondary N) is 1. The zero-order chi connectivity index (χ0) is 14.4. The van der Waals surface area contributed by atoms with E-state index in [4.69, 9.17) is 32.7 Å². The van der Waals surface area contributed by atoms with E-state index in [-0.39, 0.29) is 18.4 Å². The van der Waals surface area contributed by atoms with Gasteiger partial charge in [-0.15, -0.1) is 0 Å². The van der Waals surface area contributed by atoms with Crippen molar-refractivity contribution in [3.05, 3.63) is 22.3 Å². The number of rotatable bonds is 6. The molecule has 2 heterocycles. The van der Waals surface area contributed by atoms with Gasteiger partial charge in [0.05, 0.1) is 35.8 Å². The van der Waals surface area contributed by atoms with Crippen molar-refractivity contribution in [2.75, 3.05) is 25.1 Å². The Morgan fingerprint density at radius 2 is 2.35 bits per heavy atom. The molecule has 20 heavy (non-hydrogen) atoms. The van der Waals surface area contributed by atoms with Gasteiger partial charge in [0.2, 0.25) is 5.91 Å². The third kappa shape index (κ3) is 4.90. The number of hydrogen-bond donors (Lipinski definition) is 1. The number of aromatic nitrogens is 1. The largest absolute Gasteiger partial charge is 0.378 e. The van der Waals surface area contributed by atoms with Crippen molar-refractivity contribution in [1.82, 2.24) is 4.98 Å². The fourth-order valence-electron chi connectivity index (χ4n) is 1.84. The van der Waals surface area contributed by atoms with E-state index < -0.39 is 0 Å². The first-order valence-corrected chi connectivity index (χ1v) is 7.21. The molecule has 0 aliphatic carbocycles. The molecule has 1 fully saturated rings. The van der Waals surface area contributed by atoms with E-state index in [0.717, 1.165) is 19.4 Å². The molecule has 1 amide bonds. The molecule has 1 aliphatic heterocycles. The lowest BCUT2D eigenvalue weighted by Gasteiger charge is -2.10. The SMILES string of the molecule is O=C(CCOC[C@@H]1CCCO1)Nc1cc(Cl)c(Cl)cn1. The molecule has 1 atom stereocenters. The molecule has 0 bridgehead atoms. The average Bonchev–Trinajstić information content (AvgIpc) is 2.92. The van der Waals surface area contributed by atoms with Gasteiger partial charge in [-0.25, -0.2) is 4.98 Å². The molecule has 0 spiro atoms. The quantitative estimate of drug-likeness (QED) is 0.819. The highest BCUT2D eigenvalue weighted by Gasteiger charge is 2.15. The van der Waals surface area contributed by atoms with Crippen LogP contribution in [0.15, 0.2) is 12.3 Å². The van der Waals surface area contributed by atoms with E-state index in [1.54, 1.807) is 0 Å². The third-order valence-electron chi connectivity index (χ3n) is 2.88. The Hall–Kier alpha value is -0.880. The van der Waals surface area contributed by atoms with Crippen LogP contribution in [-0.2, 0) is 14.3 Å². The van der Waals surface area contributed by atoms with Gasteiger partial charge in [-0.2, -0.15) is 0 Å². The number of anilines is 1. The molecular formula is C13H16Cl2N2O3. The fraction of sp³-hybridized carbons (Fsp3) is 0.538. The molecule has 5 nitrogen and oxygen atoms in total. The lowest BCUT2D eigenvalue weighted by Crippen LogP contribution is -2.18. The van der Waals surface area contributed by atoms with E-state index in [2.05, 4.69) is 10.3 Å². The van der Waals surface area contributed by atoms with E-state index >= 15 is 0 Å². The molecule has 110 valence electrons. The summed E-state index contributed by atoms with van der Waals surface area (Å²) in [4.78, 5) is 15.6. The first-order valence-electron chi connectivity index (χ1n) is 6.45. The fourth-order valence-corrected chi connectivity index (χ4v) is 2.10. The maximum atomic E-state index is 11.7. The summed E-state index contributed by atoms with van der Waals surface area (Å²) < 4.78 is 10.8. The molecule has 0 saturated carbocycles. The summed E-state index contributed by atoms with van der Waals surface area (Å²) in [6.07, 6.45) is 3.94. The van der Waals surface area contributed by atoms with Crippen LogP contribution in [-0.4, -0.2) is 36.8 Å². The molecule has 7 heteroatoms. The summed E-state index contributed by atoms with van der Waals surface area (Å²) in [7, 11) is 0. The molecule has 1 aromatic heterocycles. The number of hydrogen-bond acceptors (Lipinski definition) is 4. The molecule has 2 rings (SSSR count). The van der Waals surface area contributed by atoms with E-state index in [0.29, 0.717) is 29.1 Å². The van der Waals surface area contributed by atoms with Crippen molar-refractivity contribution in [2.45, 2.75) is 25.4 Å². The Morgan fingerprint density at radius 1 is 1.50 bits per heavy atom. The summed E-state index contributed by atoms with van der Waals surface area (Å²) in [5, 5.41) is 3.34. The number of amides is 1. The Balaban J connectivity index is 1.65. The van der Waals surface area contributed by atoms with Gasteiger partial charge < -0.3 is 14.8 Å². The normalized spacial score (nSPS) is 18.2. The highest BCUT2D eigenvalue weighted by molar-refractivity contribution is 6.42. The van der Waals surface area contributed by atoms with E-state index in [1.165, 1.54) is 12.3 Å². The molecule has 1 aromatic rings. The van der Waals surface area contributed by atoms with Crippen LogP contribution in [0.5, 0.6) is 0 Å². The summed E-state index contributed by atoms with van der Waals surface area (Å²) in [6.45, 7) is 1.70. The highest BCUT2D eigenvalue weighted by atomic mass is 35.5. The molecular weight excluding hydrogens is 303 g/mol. The van der Waals surface area contributed by atoms with Gasteiger partial charge in [0.1, 0.15) is 5.82 Å². The number of pyridine rings is 1. The third-order valence-corrected chi connectivity index (χ3v) is 3.59. The predicted molar refractivity (Wildman–Crippen MR) is 77.3 cm³/mol.